The fourth-order valence-corrected chi connectivity index (χ4v) is 3.73. The van der Waals surface area contributed by atoms with Crippen molar-refractivity contribution in [1.82, 2.24) is 5.32 Å². The number of carbonyl (C=O) groups excluding carboxylic acids is 1. The van der Waals surface area contributed by atoms with Gasteiger partial charge in [-0.2, -0.15) is 0 Å². The van der Waals surface area contributed by atoms with Crippen LogP contribution in [0.25, 0.3) is 0 Å². The molecule has 3 nitrogen and oxygen atoms in total. The fourth-order valence-electron chi connectivity index (χ4n) is 2.59. The van der Waals surface area contributed by atoms with Gasteiger partial charge in [-0.15, -0.1) is 11.3 Å². The van der Waals surface area contributed by atoms with Gasteiger partial charge in [0.1, 0.15) is 0 Å². The van der Waals surface area contributed by atoms with Crippen LogP contribution in [-0.2, 0) is 4.74 Å². The molecule has 1 N–H and O–H groups in total. The molecule has 1 fully saturated rings. The van der Waals surface area contributed by atoms with Crippen molar-refractivity contribution < 1.29 is 9.53 Å². The summed E-state index contributed by atoms with van der Waals surface area (Å²) in [5, 5.41) is 5.02. The summed E-state index contributed by atoms with van der Waals surface area (Å²) in [5.74, 6) is 0.0231. The molecule has 2 rings (SSSR count). The zero-order valence-electron chi connectivity index (χ0n) is 11.4. The van der Waals surface area contributed by atoms with E-state index in [9.17, 15) is 4.79 Å². The van der Waals surface area contributed by atoms with Crippen molar-refractivity contribution in [2.45, 2.75) is 51.2 Å². The Bertz CT molecular complexity index is 442. The molecule has 0 aromatic carbocycles. The van der Waals surface area contributed by atoms with Gasteiger partial charge in [0.25, 0.3) is 5.91 Å². The Hall–Kier alpha value is -0.390. The standard InChI is InChI=1S/C14H20BrNO2S/c1-3-14(4-2)8-11(5-6-18-14)16-13(17)10-7-12(15)19-9-10/h7,9,11H,3-6,8H2,1-2H3,(H,16,17). The summed E-state index contributed by atoms with van der Waals surface area (Å²) in [5.41, 5.74) is 0.688. The molecule has 0 saturated carbocycles. The largest absolute Gasteiger partial charge is 0.375 e. The number of halogens is 1. The minimum Gasteiger partial charge on any atom is -0.375 e. The molecule has 0 bridgehead atoms. The first kappa shape index (κ1) is 15.0. The number of carbonyl (C=O) groups is 1. The maximum atomic E-state index is 12.1. The maximum absolute atomic E-state index is 12.1. The van der Waals surface area contributed by atoms with Gasteiger partial charge in [0.2, 0.25) is 0 Å². The molecule has 1 saturated heterocycles. The smallest absolute Gasteiger partial charge is 0.252 e. The number of nitrogens with one attached hydrogen (secondary N) is 1. The number of amides is 1. The van der Waals surface area contributed by atoms with Crippen LogP contribution in [0, 0.1) is 0 Å². The van der Waals surface area contributed by atoms with Crippen LogP contribution in [0.1, 0.15) is 49.9 Å². The highest BCUT2D eigenvalue weighted by molar-refractivity contribution is 9.11. The predicted octanol–water partition coefficient (Wildman–Crippen LogP) is 3.98. The van der Waals surface area contributed by atoms with Gasteiger partial charge in [-0.1, -0.05) is 13.8 Å². The van der Waals surface area contributed by atoms with Crippen LogP contribution in [0.15, 0.2) is 15.2 Å². The second-order valence-corrected chi connectivity index (χ2v) is 7.33. The molecule has 0 spiro atoms. The first-order valence-corrected chi connectivity index (χ1v) is 8.44. The molecular formula is C14H20BrNO2S. The fraction of sp³-hybridized carbons (Fsp3) is 0.643. The highest BCUT2D eigenvalue weighted by Crippen LogP contribution is 2.31. The van der Waals surface area contributed by atoms with Crippen LogP contribution in [0.4, 0.5) is 0 Å². The van der Waals surface area contributed by atoms with Crippen molar-refractivity contribution >= 4 is 33.2 Å². The van der Waals surface area contributed by atoms with Gasteiger partial charge >= 0.3 is 0 Å². The van der Waals surface area contributed by atoms with Gasteiger partial charge in [-0.3, -0.25) is 4.79 Å². The minimum absolute atomic E-state index is 0.0231. The van der Waals surface area contributed by atoms with Crippen LogP contribution in [0.2, 0.25) is 0 Å². The third-order valence-electron chi connectivity index (χ3n) is 3.95. The Morgan fingerprint density at radius 1 is 1.58 bits per heavy atom. The summed E-state index contributed by atoms with van der Waals surface area (Å²) >= 11 is 4.92. The van der Waals surface area contributed by atoms with E-state index in [1.165, 1.54) is 11.3 Å². The average Bonchev–Trinajstić information content (AvgIpc) is 2.85. The molecular weight excluding hydrogens is 326 g/mol. The topological polar surface area (TPSA) is 38.3 Å². The Kier molecular flexibility index (Phi) is 5.03. The van der Waals surface area contributed by atoms with E-state index in [1.807, 2.05) is 11.4 Å². The van der Waals surface area contributed by atoms with Crippen molar-refractivity contribution in [2.75, 3.05) is 6.61 Å². The molecule has 0 aliphatic carbocycles. The minimum atomic E-state index is -0.0502. The van der Waals surface area contributed by atoms with Crippen LogP contribution in [-0.4, -0.2) is 24.2 Å². The average molecular weight is 346 g/mol. The van der Waals surface area contributed by atoms with Gasteiger partial charge in [0.05, 0.1) is 15.0 Å². The Morgan fingerprint density at radius 2 is 2.32 bits per heavy atom. The van der Waals surface area contributed by atoms with E-state index in [-0.39, 0.29) is 17.6 Å². The second-order valence-electron chi connectivity index (χ2n) is 5.04. The lowest BCUT2D eigenvalue weighted by Gasteiger charge is -2.40. The molecule has 1 atom stereocenters. The monoisotopic (exact) mass is 345 g/mol. The Morgan fingerprint density at radius 3 is 2.89 bits per heavy atom. The van der Waals surface area contributed by atoms with Crippen LogP contribution in [0.3, 0.4) is 0 Å². The lowest BCUT2D eigenvalue weighted by atomic mass is 9.86. The number of hydrogen-bond donors (Lipinski definition) is 1. The van der Waals surface area contributed by atoms with E-state index in [0.29, 0.717) is 0 Å². The van der Waals surface area contributed by atoms with Crippen LogP contribution >= 0.6 is 27.3 Å². The van der Waals surface area contributed by atoms with Gasteiger partial charge in [0.15, 0.2) is 0 Å². The summed E-state index contributed by atoms with van der Waals surface area (Å²) in [7, 11) is 0. The maximum Gasteiger partial charge on any atom is 0.252 e. The summed E-state index contributed by atoms with van der Waals surface area (Å²) in [6.07, 6.45) is 3.82. The molecule has 1 aromatic heterocycles. The lowest BCUT2D eigenvalue weighted by molar-refractivity contribution is -0.0917. The zero-order valence-corrected chi connectivity index (χ0v) is 13.8. The van der Waals surface area contributed by atoms with Crippen molar-refractivity contribution in [2.24, 2.45) is 0 Å². The van der Waals surface area contributed by atoms with Crippen molar-refractivity contribution in [3.63, 3.8) is 0 Å². The van der Waals surface area contributed by atoms with E-state index < -0.39 is 0 Å². The molecule has 106 valence electrons. The van der Waals surface area contributed by atoms with E-state index >= 15 is 0 Å². The summed E-state index contributed by atoms with van der Waals surface area (Å²) in [6, 6.07) is 2.09. The van der Waals surface area contributed by atoms with Crippen LogP contribution in [0.5, 0.6) is 0 Å². The van der Waals surface area contributed by atoms with Crippen molar-refractivity contribution in [1.29, 1.82) is 0 Å². The molecule has 5 heteroatoms. The highest BCUT2D eigenvalue weighted by atomic mass is 79.9. The Balaban J connectivity index is 1.97. The third-order valence-corrected chi connectivity index (χ3v) is 5.45. The third kappa shape index (κ3) is 3.58. The van der Waals surface area contributed by atoms with E-state index in [0.717, 1.165) is 41.6 Å². The predicted molar refractivity (Wildman–Crippen MR) is 81.8 cm³/mol. The molecule has 19 heavy (non-hydrogen) atoms. The number of hydrogen-bond acceptors (Lipinski definition) is 3. The highest BCUT2D eigenvalue weighted by Gasteiger charge is 2.35. The Labute approximate surface area is 126 Å². The SMILES string of the molecule is CCC1(CC)CC(NC(=O)c2csc(Br)c2)CCO1. The molecule has 1 aliphatic heterocycles. The van der Waals surface area contributed by atoms with Gasteiger partial charge in [-0.05, 0) is 47.7 Å². The van der Waals surface area contributed by atoms with Crippen molar-refractivity contribution in [3.8, 4) is 0 Å². The van der Waals surface area contributed by atoms with Gasteiger partial charge in [0, 0.05) is 18.0 Å². The van der Waals surface area contributed by atoms with Gasteiger partial charge < -0.3 is 10.1 Å². The molecule has 1 amide bonds. The quantitative estimate of drug-likeness (QED) is 0.896. The first-order chi connectivity index (χ1) is 9.08. The number of ether oxygens (including phenoxy) is 1. The number of thiophene rings is 1. The normalized spacial score (nSPS) is 22.2. The van der Waals surface area contributed by atoms with E-state index in [4.69, 9.17) is 4.74 Å². The zero-order chi connectivity index (χ0) is 13.9. The van der Waals surface area contributed by atoms with Crippen LogP contribution < -0.4 is 5.32 Å². The molecule has 1 unspecified atom stereocenters. The first-order valence-electron chi connectivity index (χ1n) is 6.77. The summed E-state index contributed by atoms with van der Waals surface area (Å²) in [4.78, 5) is 12.1. The second kappa shape index (κ2) is 6.37. The molecule has 1 aliphatic rings. The molecule has 0 radical (unpaired) electrons. The summed E-state index contributed by atoms with van der Waals surface area (Å²) in [6.45, 7) is 5.05. The lowest BCUT2D eigenvalue weighted by Crippen LogP contribution is -2.48. The molecule has 2 heterocycles. The van der Waals surface area contributed by atoms with Gasteiger partial charge in [-0.25, -0.2) is 0 Å². The molecule has 1 aromatic rings. The van der Waals surface area contributed by atoms with E-state index in [2.05, 4.69) is 35.1 Å². The number of rotatable bonds is 4. The van der Waals surface area contributed by atoms with Crippen molar-refractivity contribution in [3.05, 3.63) is 20.8 Å². The van der Waals surface area contributed by atoms with E-state index in [1.54, 1.807) is 0 Å². The summed E-state index contributed by atoms with van der Waals surface area (Å²) < 4.78 is 6.92.